The van der Waals surface area contributed by atoms with Crippen LogP contribution in [0.4, 0.5) is 13.2 Å². The molecule has 2 aromatic heterocycles. The molecule has 2 rings (SSSR count). The molecule has 0 bridgehead atoms. The van der Waals surface area contributed by atoms with Crippen molar-refractivity contribution in [3.63, 3.8) is 0 Å². The molecule has 0 N–H and O–H groups in total. The van der Waals surface area contributed by atoms with E-state index in [0.29, 0.717) is 5.56 Å². The second-order valence-electron chi connectivity index (χ2n) is 3.43. The van der Waals surface area contributed by atoms with E-state index in [0.717, 1.165) is 0 Å². The molecule has 0 saturated heterocycles. The number of alkyl halides is 3. The standard InChI is InChI=1S/C11H8F3NO3S/c1-2-17-10(16)7-8(11(12,13)14)15-9(18-7)6-3-4-19-5-6/h3-5H,2H2,1H3. The van der Waals surface area contributed by atoms with Crippen molar-refractivity contribution in [3.8, 4) is 11.5 Å². The van der Waals surface area contributed by atoms with Crippen LogP contribution in [0.3, 0.4) is 0 Å². The highest BCUT2D eigenvalue weighted by atomic mass is 32.1. The molecule has 4 nitrogen and oxygen atoms in total. The smallest absolute Gasteiger partial charge is 0.437 e. The van der Waals surface area contributed by atoms with E-state index >= 15 is 0 Å². The molecule has 0 aliphatic carbocycles. The summed E-state index contributed by atoms with van der Waals surface area (Å²) in [5, 5.41) is 3.23. The number of esters is 1. The quantitative estimate of drug-likeness (QED) is 0.811. The van der Waals surface area contributed by atoms with E-state index in [1.807, 2.05) is 0 Å². The highest BCUT2D eigenvalue weighted by Crippen LogP contribution is 2.35. The summed E-state index contributed by atoms with van der Waals surface area (Å²) in [5.74, 6) is -2.35. The molecule has 2 aromatic rings. The number of thiophene rings is 1. The maximum atomic E-state index is 12.8. The van der Waals surface area contributed by atoms with Crippen LogP contribution >= 0.6 is 11.3 Å². The van der Waals surface area contributed by atoms with Gasteiger partial charge in [-0.2, -0.15) is 24.5 Å². The zero-order chi connectivity index (χ0) is 14.0. The Bertz CT molecular complexity index is 575. The minimum Gasteiger partial charge on any atom is -0.460 e. The van der Waals surface area contributed by atoms with Crippen molar-refractivity contribution in [2.75, 3.05) is 6.61 Å². The highest BCUT2D eigenvalue weighted by molar-refractivity contribution is 7.08. The van der Waals surface area contributed by atoms with E-state index in [1.165, 1.54) is 18.3 Å². The molecule has 0 unspecified atom stereocenters. The molecule has 2 heterocycles. The molecule has 0 atom stereocenters. The van der Waals surface area contributed by atoms with Crippen LogP contribution in [0.25, 0.3) is 11.5 Å². The summed E-state index contributed by atoms with van der Waals surface area (Å²) in [6.45, 7) is 1.44. The van der Waals surface area contributed by atoms with E-state index in [4.69, 9.17) is 4.42 Å². The molecule has 0 aromatic carbocycles. The molecule has 0 aliphatic heterocycles. The van der Waals surface area contributed by atoms with Crippen molar-refractivity contribution in [1.29, 1.82) is 0 Å². The average molecular weight is 291 g/mol. The third kappa shape index (κ3) is 2.78. The fourth-order valence-corrected chi connectivity index (χ4v) is 1.99. The number of ether oxygens (including phenoxy) is 1. The lowest BCUT2D eigenvalue weighted by Gasteiger charge is -2.03. The zero-order valence-corrected chi connectivity index (χ0v) is 10.5. The monoisotopic (exact) mass is 291 g/mol. The summed E-state index contributed by atoms with van der Waals surface area (Å²) < 4.78 is 47.8. The summed E-state index contributed by atoms with van der Waals surface area (Å²) in [5.41, 5.74) is -0.988. The van der Waals surface area contributed by atoms with Gasteiger partial charge in [0.25, 0.3) is 0 Å². The SMILES string of the molecule is CCOC(=O)c1oc(-c2ccsc2)nc1C(F)(F)F. The Morgan fingerprint density at radius 1 is 1.53 bits per heavy atom. The van der Waals surface area contributed by atoms with Crippen molar-refractivity contribution in [2.24, 2.45) is 0 Å². The Labute approximate surface area is 109 Å². The molecule has 0 amide bonds. The van der Waals surface area contributed by atoms with Gasteiger partial charge in [-0.15, -0.1) is 0 Å². The van der Waals surface area contributed by atoms with Gasteiger partial charge in [0.2, 0.25) is 11.7 Å². The predicted molar refractivity (Wildman–Crippen MR) is 60.8 cm³/mol. The maximum Gasteiger partial charge on any atom is 0.437 e. The fraction of sp³-hybridized carbons (Fsp3) is 0.273. The minimum atomic E-state index is -4.78. The van der Waals surface area contributed by atoms with Gasteiger partial charge in [0.05, 0.1) is 6.61 Å². The number of halogens is 3. The van der Waals surface area contributed by atoms with Crippen molar-refractivity contribution in [2.45, 2.75) is 13.1 Å². The molecule has 19 heavy (non-hydrogen) atoms. The maximum absolute atomic E-state index is 12.8. The second kappa shape index (κ2) is 5.04. The van der Waals surface area contributed by atoms with Crippen molar-refractivity contribution in [1.82, 2.24) is 4.98 Å². The summed E-state index contributed by atoms with van der Waals surface area (Å²) in [7, 11) is 0. The highest BCUT2D eigenvalue weighted by Gasteiger charge is 2.41. The number of nitrogens with zero attached hydrogens (tertiary/aromatic N) is 1. The van der Waals surface area contributed by atoms with Crippen LogP contribution in [0.5, 0.6) is 0 Å². The lowest BCUT2D eigenvalue weighted by atomic mass is 10.3. The Morgan fingerprint density at radius 2 is 2.26 bits per heavy atom. The van der Waals surface area contributed by atoms with Crippen LogP contribution in [0.15, 0.2) is 21.2 Å². The van der Waals surface area contributed by atoms with Gasteiger partial charge in [0.15, 0.2) is 5.69 Å². The molecule has 0 fully saturated rings. The molecule has 0 spiro atoms. The van der Waals surface area contributed by atoms with Gasteiger partial charge in [-0.25, -0.2) is 9.78 Å². The topological polar surface area (TPSA) is 52.3 Å². The first-order valence-corrected chi connectivity index (χ1v) is 6.15. The Balaban J connectivity index is 2.49. The van der Waals surface area contributed by atoms with Gasteiger partial charge in [-0.1, -0.05) is 0 Å². The van der Waals surface area contributed by atoms with Gasteiger partial charge in [-0.3, -0.25) is 0 Å². The van der Waals surface area contributed by atoms with Crippen molar-refractivity contribution in [3.05, 3.63) is 28.3 Å². The number of rotatable bonds is 3. The van der Waals surface area contributed by atoms with Crippen LogP contribution in [-0.4, -0.2) is 17.6 Å². The first-order chi connectivity index (χ1) is 8.93. The third-order valence-corrected chi connectivity index (χ3v) is 2.81. The van der Waals surface area contributed by atoms with Gasteiger partial charge < -0.3 is 9.15 Å². The third-order valence-electron chi connectivity index (χ3n) is 2.12. The van der Waals surface area contributed by atoms with Crippen LogP contribution in [-0.2, 0) is 10.9 Å². The number of aromatic nitrogens is 1. The van der Waals surface area contributed by atoms with Crippen LogP contribution in [0.1, 0.15) is 23.2 Å². The van der Waals surface area contributed by atoms with Gasteiger partial charge in [0, 0.05) is 10.9 Å². The molecular weight excluding hydrogens is 283 g/mol. The van der Waals surface area contributed by atoms with Crippen molar-refractivity contribution < 1.29 is 27.1 Å². The van der Waals surface area contributed by atoms with Crippen LogP contribution < -0.4 is 0 Å². The zero-order valence-electron chi connectivity index (χ0n) is 9.65. The first-order valence-electron chi connectivity index (χ1n) is 5.21. The molecule has 0 radical (unpaired) electrons. The molecule has 0 aliphatic rings. The van der Waals surface area contributed by atoms with Gasteiger partial charge in [-0.05, 0) is 18.4 Å². The lowest BCUT2D eigenvalue weighted by Crippen LogP contribution is -2.14. The van der Waals surface area contributed by atoms with Crippen LogP contribution in [0, 0.1) is 0 Å². The average Bonchev–Trinajstić information content (AvgIpc) is 2.97. The van der Waals surface area contributed by atoms with E-state index in [2.05, 4.69) is 9.72 Å². The number of hydrogen-bond donors (Lipinski definition) is 0. The summed E-state index contributed by atoms with van der Waals surface area (Å²) >= 11 is 1.28. The normalized spacial score (nSPS) is 11.6. The molecule has 8 heteroatoms. The Hall–Kier alpha value is -1.83. The number of hydrogen-bond acceptors (Lipinski definition) is 5. The second-order valence-corrected chi connectivity index (χ2v) is 4.21. The molecule has 0 saturated carbocycles. The van der Waals surface area contributed by atoms with Crippen molar-refractivity contribution >= 4 is 17.3 Å². The fourth-order valence-electron chi connectivity index (χ4n) is 1.36. The predicted octanol–water partition coefficient (Wildman–Crippen LogP) is 3.60. The minimum absolute atomic E-state index is 0.0510. The lowest BCUT2D eigenvalue weighted by molar-refractivity contribution is -0.141. The number of carbonyl (C=O) groups is 1. The summed E-state index contributed by atoms with van der Waals surface area (Å²) in [6, 6.07) is 1.55. The largest absolute Gasteiger partial charge is 0.460 e. The number of carbonyl (C=O) groups excluding carboxylic acids is 1. The Kier molecular flexibility index (Phi) is 3.61. The van der Waals surface area contributed by atoms with Gasteiger partial charge >= 0.3 is 12.1 Å². The summed E-state index contributed by atoms with van der Waals surface area (Å²) in [4.78, 5) is 14.8. The van der Waals surface area contributed by atoms with E-state index in [-0.39, 0.29) is 12.5 Å². The molecular formula is C11H8F3NO3S. The Morgan fingerprint density at radius 3 is 2.79 bits per heavy atom. The summed E-state index contributed by atoms with van der Waals surface area (Å²) in [6.07, 6.45) is -4.78. The van der Waals surface area contributed by atoms with E-state index < -0.39 is 23.6 Å². The first kappa shape index (κ1) is 13.6. The van der Waals surface area contributed by atoms with E-state index in [1.54, 1.807) is 16.8 Å². The molecule has 102 valence electrons. The van der Waals surface area contributed by atoms with Gasteiger partial charge in [0.1, 0.15) is 0 Å². The van der Waals surface area contributed by atoms with Crippen LogP contribution in [0.2, 0.25) is 0 Å². The van der Waals surface area contributed by atoms with E-state index in [9.17, 15) is 18.0 Å². The number of oxazole rings is 1.